The number of carbonyl (C=O) groups excluding carboxylic acids is 2. The first-order chi connectivity index (χ1) is 10.9. The van der Waals surface area contributed by atoms with Crippen LogP contribution in [0.15, 0.2) is 30.5 Å². The summed E-state index contributed by atoms with van der Waals surface area (Å²) < 4.78 is 27.9. The summed E-state index contributed by atoms with van der Waals surface area (Å²) in [6.07, 6.45) is 1.51. The second-order valence-electron chi connectivity index (χ2n) is 4.85. The molecule has 0 saturated carbocycles. The lowest BCUT2D eigenvalue weighted by Gasteiger charge is -2.04. The van der Waals surface area contributed by atoms with Gasteiger partial charge in [0.2, 0.25) is 0 Å². The minimum absolute atomic E-state index is 0.288. The zero-order chi connectivity index (χ0) is 17.0. The highest BCUT2D eigenvalue weighted by Crippen LogP contribution is 2.16. The number of nitrogens with one attached hydrogen (secondary N) is 2. The molecule has 2 aromatic rings. The van der Waals surface area contributed by atoms with Gasteiger partial charge in [0.1, 0.15) is 17.3 Å². The molecule has 2 rings (SSSR count). The van der Waals surface area contributed by atoms with Crippen LogP contribution in [-0.2, 0) is 7.05 Å². The van der Waals surface area contributed by atoms with E-state index in [1.807, 2.05) is 0 Å². The number of nitrogens with zero attached hydrogens (tertiary/aromatic N) is 1. The third-order valence-electron chi connectivity index (χ3n) is 3.10. The van der Waals surface area contributed by atoms with Gasteiger partial charge in [0.05, 0.1) is 11.3 Å². The van der Waals surface area contributed by atoms with Crippen LogP contribution < -0.4 is 16.4 Å². The maximum absolute atomic E-state index is 13.6. The Bertz CT molecular complexity index is 743. The van der Waals surface area contributed by atoms with Gasteiger partial charge in [0, 0.05) is 32.4 Å². The van der Waals surface area contributed by atoms with E-state index in [0.29, 0.717) is 30.5 Å². The molecular weight excluding hydrogens is 306 g/mol. The van der Waals surface area contributed by atoms with E-state index >= 15 is 0 Å². The van der Waals surface area contributed by atoms with Crippen LogP contribution in [0.3, 0.4) is 0 Å². The summed E-state index contributed by atoms with van der Waals surface area (Å²) in [4.78, 5) is 23.9. The average molecular weight is 322 g/mol. The highest BCUT2D eigenvalue weighted by atomic mass is 19.1. The zero-order valence-corrected chi connectivity index (χ0v) is 12.4. The minimum Gasteiger partial charge on any atom is -0.349 e. The highest BCUT2D eigenvalue weighted by Gasteiger charge is 2.16. The van der Waals surface area contributed by atoms with Crippen molar-refractivity contribution in [1.82, 2.24) is 9.88 Å². The first-order valence-corrected chi connectivity index (χ1v) is 6.83. The van der Waals surface area contributed by atoms with Crippen molar-refractivity contribution in [2.24, 2.45) is 12.8 Å². The number of amides is 2. The number of nitrogens with two attached hydrogens (primary N) is 1. The van der Waals surface area contributed by atoms with Gasteiger partial charge in [0.25, 0.3) is 11.8 Å². The summed E-state index contributed by atoms with van der Waals surface area (Å²) in [6, 6.07) is 4.13. The predicted molar refractivity (Wildman–Crippen MR) is 81.1 cm³/mol. The first-order valence-electron chi connectivity index (χ1n) is 6.83. The molecular formula is C15H16F2N4O2. The summed E-state index contributed by atoms with van der Waals surface area (Å²) >= 11 is 0. The quantitative estimate of drug-likeness (QED) is 0.774. The van der Waals surface area contributed by atoms with Crippen molar-refractivity contribution in [2.45, 2.75) is 0 Å². The monoisotopic (exact) mass is 322 g/mol. The van der Waals surface area contributed by atoms with Crippen molar-refractivity contribution in [3.63, 3.8) is 0 Å². The largest absolute Gasteiger partial charge is 0.349 e. The number of aryl methyl sites for hydroxylation is 1. The lowest BCUT2D eigenvalue weighted by Crippen LogP contribution is -2.30. The Balaban J connectivity index is 2.14. The third-order valence-corrected chi connectivity index (χ3v) is 3.10. The normalized spacial score (nSPS) is 10.4. The van der Waals surface area contributed by atoms with Crippen molar-refractivity contribution in [1.29, 1.82) is 0 Å². The van der Waals surface area contributed by atoms with E-state index in [9.17, 15) is 18.4 Å². The molecule has 122 valence electrons. The summed E-state index contributed by atoms with van der Waals surface area (Å²) in [5.74, 6) is -2.80. The fourth-order valence-corrected chi connectivity index (χ4v) is 2.01. The first kappa shape index (κ1) is 16.6. The summed E-state index contributed by atoms with van der Waals surface area (Å²) in [5, 5.41) is 5.07. The molecule has 0 saturated heterocycles. The van der Waals surface area contributed by atoms with Crippen molar-refractivity contribution in [2.75, 3.05) is 18.4 Å². The molecule has 0 aliphatic rings. The molecule has 0 bridgehead atoms. The Kier molecular flexibility index (Phi) is 5.07. The second-order valence-corrected chi connectivity index (χ2v) is 4.85. The van der Waals surface area contributed by atoms with Crippen LogP contribution >= 0.6 is 0 Å². The molecule has 0 unspecified atom stereocenters. The molecule has 0 aliphatic carbocycles. The van der Waals surface area contributed by atoms with E-state index in [2.05, 4.69) is 10.6 Å². The van der Waals surface area contributed by atoms with Crippen molar-refractivity contribution in [3.05, 3.63) is 53.4 Å². The van der Waals surface area contributed by atoms with Crippen LogP contribution in [-0.4, -0.2) is 29.5 Å². The number of hydrogen-bond donors (Lipinski definition) is 3. The zero-order valence-electron chi connectivity index (χ0n) is 12.4. The lowest BCUT2D eigenvalue weighted by molar-refractivity contribution is 0.0945. The van der Waals surface area contributed by atoms with Crippen molar-refractivity contribution < 1.29 is 18.4 Å². The number of anilines is 1. The molecule has 1 aromatic carbocycles. The summed E-state index contributed by atoms with van der Waals surface area (Å²) in [7, 11) is 1.63. The maximum Gasteiger partial charge on any atom is 0.268 e. The Morgan fingerprint density at radius 1 is 1.22 bits per heavy atom. The minimum atomic E-state index is -0.959. The van der Waals surface area contributed by atoms with Crippen LogP contribution in [0.1, 0.15) is 20.8 Å². The van der Waals surface area contributed by atoms with Gasteiger partial charge in [0.15, 0.2) is 0 Å². The maximum atomic E-state index is 13.6. The van der Waals surface area contributed by atoms with Gasteiger partial charge in [-0.25, -0.2) is 8.78 Å². The van der Waals surface area contributed by atoms with Crippen molar-refractivity contribution >= 4 is 17.5 Å². The van der Waals surface area contributed by atoms with Gasteiger partial charge in [-0.1, -0.05) is 0 Å². The second kappa shape index (κ2) is 7.01. The molecule has 8 heteroatoms. The van der Waals surface area contributed by atoms with Crippen LogP contribution in [0, 0.1) is 11.6 Å². The Hall–Kier alpha value is -2.74. The van der Waals surface area contributed by atoms with Gasteiger partial charge in [-0.2, -0.15) is 0 Å². The van der Waals surface area contributed by atoms with Crippen molar-refractivity contribution in [3.8, 4) is 0 Å². The number of hydrogen-bond acceptors (Lipinski definition) is 3. The average Bonchev–Trinajstić information content (AvgIpc) is 2.85. The molecule has 2 amide bonds. The van der Waals surface area contributed by atoms with Gasteiger partial charge < -0.3 is 20.9 Å². The number of aromatic nitrogens is 1. The molecule has 23 heavy (non-hydrogen) atoms. The fourth-order valence-electron chi connectivity index (χ4n) is 2.01. The lowest BCUT2D eigenvalue weighted by atomic mass is 10.2. The van der Waals surface area contributed by atoms with Crippen LogP contribution in [0.25, 0.3) is 0 Å². The number of rotatable bonds is 5. The van der Waals surface area contributed by atoms with E-state index < -0.39 is 17.5 Å². The molecule has 0 aliphatic heterocycles. The van der Waals surface area contributed by atoms with E-state index in [-0.39, 0.29) is 11.5 Å². The van der Waals surface area contributed by atoms with Crippen LogP contribution in [0.5, 0.6) is 0 Å². The molecule has 0 fully saturated rings. The number of carbonyl (C=O) groups is 2. The van der Waals surface area contributed by atoms with Gasteiger partial charge in [-0.3, -0.25) is 9.59 Å². The van der Waals surface area contributed by atoms with Gasteiger partial charge in [-0.05, 0) is 18.2 Å². The van der Waals surface area contributed by atoms with Gasteiger partial charge >= 0.3 is 0 Å². The molecule has 6 nitrogen and oxygen atoms in total. The Morgan fingerprint density at radius 2 is 1.96 bits per heavy atom. The van der Waals surface area contributed by atoms with E-state index in [0.717, 1.165) is 12.1 Å². The molecule has 0 atom stereocenters. The highest BCUT2D eigenvalue weighted by molar-refractivity contribution is 6.05. The SMILES string of the molecule is Cn1cc(NC(=O)c2ccc(F)cc2F)cc1C(=O)NCCN. The fraction of sp³-hybridized carbons (Fsp3) is 0.200. The van der Waals surface area contributed by atoms with Crippen LogP contribution in [0.2, 0.25) is 0 Å². The predicted octanol–water partition coefficient (Wildman–Crippen LogP) is 1.24. The van der Waals surface area contributed by atoms with E-state index in [1.165, 1.54) is 16.8 Å². The smallest absolute Gasteiger partial charge is 0.268 e. The molecule has 1 aromatic heterocycles. The standard InChI is InChI=1S/C15H16F2N4O2/c1-21-8-10(7-13(21)15(23)19-5-4-18)20-14(22)11-3-2-9(16)6-12(11)17/h2-3,6-8H,4-5,18H2,1H3,(H,19,23)(H,20,22). The summed E-state index contributed by atoms with van der Waals surface area (Å²) in [6.45, 7) is 0.635. The third kappa shape index (κ3) is 3.92. The number of benzene rings is 1. The molecule has 0 radical (unpaired) electrons. The number of halogens is 2. The Morgan fingerprint density at radius 3 is 2.61 bits per heavy atom. The van der Waals surface area contributed by atoms with E-state index in [1.54, 1.807) is 7.05 Å². The van der Waals surface area contributed by atoms with Crippen LogP contribution in [0.4, 0.5) is 14.5 Å². The summed E-state index contributed by atoms with van der Waals surface area (Å²) in [5.41, 5.74) is 5.66. The van der Waals surface area contributed by atoms with E-state index in [4.69, 9.17) is 5.73 Å². The van der Waals surface area contributed by atoms with Gasteiger partial charge in [-0.15, -0.1) is 0 Å². The molecule has 0 spiro atoms. The Labute approximate surface area is 131 Å². The molecule has 1 heterocycles. The molecule has 4 N–H and O–H groups in total. The topological polar surface area (TPSA) is 89.2 Å².